The van der Waals surface area contributed by atoms with Crippen LogP contribution in [0.1, 0.15) is 31.1 Å². The van der Waals surface area contributed by atoms with E-state index in [2.05, 4.69) is 17.0 Å². The largest absolute Gasteiger partial charge is 0.291 e. The van der Waals surface area contributed by atoms with Gasteiger partial charge >= 0.3 is 0 Å². The number of aryl methyl sites for hydroxylation is 3. The minimum Gasteiger partial charge on any atom is -0.291 e. The van der Waals surface area contributed by atoms with Crippen molar-refractivity contribution >= 4 is 11.6 Å². The van der Waals surface area contributed by atoms with Crippen LogP contribution in [0, 0.1) is 6.92 Å². The van der Waals surface area contributed by atoms with Crippen molar-refractivity contribution in [1.29, 1.82) is 0 Å². The molecule has 0 aliphatic carbocycles. The normalized spacial score (nSPS) is 10.9. The molecule has 2 aromatic rings. The molecule has 0 saturated carbocycles. The Balaban J connectivity index is 2.41. The second-order valence-electron chi connectivity index (χ2n) is 4.35. The lowest BCUT2D eigenvalue weighted by Crippen LogP contribution is -2.24. The first-order valence-electron chi connectivity index (χ1n) is 6.34. The maximum Gasteiger partial charge on any atom is 0.255 e. The van der Waals surface area contributed by atoms with E-state index < -0.39 is 0 Å². The van der Waals surface area contributed by atoms with E-state index in [0.29, 0.717) is 12.4 Å². The van der Waals surface area contributed by atoms with Gasteiger partial charge in [-0.3, -0.25) is 14.0 Å². The van der Waals surface area contributed by atoms with Crippen LogP contribution >= 0.6 is 11.6 Å². The third-order valence-electron chi connectivity index (χ3n) is 3.06. The molecule has 0 bridgehead atoms. The van der Waals surface area contributed by atoms with E-state index in [1.807, 2.05) is 17.7 Å². The summed E-state index contributed by atoms with van der Waals surface area (Å²) in [6, 6.07) is 3.37. The van der Waals surface area contributed by atoms with Crippen molar-refractivity contribution in [2.24, 2.45) is 0 Å². The lowest BCUT2D eigenvalue weighted by molar-refractivity contribution is 0.579. The first-order valence-corrected chi connectivity index (χ1v) is 6.72. The summed E-state index contributed by atoms with van der Waals surface area (Å²) in [6.07, 6.45) is 0.882. The average molecular weight is 281 g/mol. The number of hydrogen-bond donors (Lipinski definition) is 0. The summed E-state index contributed by atoms with van der Waals surface area (Å²) in [7, 11) is 0. The van der Waals surface area contributed by atoms with Crippen LogP contribution in [0.5, 0.6) is 0 Å². The van der Waals surface area contributed by atoms with E-state index >= 15 is 0 Å². The van der Waals surface area contributed by atoms with E-state index in [-0.39, 0.29) is 10.7 Å². The van der Waals surface area contributed by atoms with Crippen molar-refractivity contribution in [3.05, 3.63) is 44.9 Å². The smallest absolute Gasteiger partial charge is 0.255 e. The molecule has 5 nitrogen and oxygen atoms in total. The van der Waals surface area contributed by atoms with Crippen LogP contribution in [0.2, 0.25) is 5.15 Å². The highest BCUT2D eigenvalue weighted by Crippen LogP contribution is 2.09. The Morgan fingerprint density at radius 3 is 2.63 bits per heavy atom. The van der Waals surface area contributed by atoms with Gasteiger partial charge in [0.25, 0.3) is 5.56 Å². The Labute approximate surface area is 116 Å². The number of hydrogen-bond acceptors (Lipinski definition) is 3. The summed E-state index contributed by atoms with van der Waals surface area (Å²) in [6.45, 7) is 7.12. The lowest BCUT2D eigenvalue weighted by atomic mass is 10.3. The zero-order chi connectivity index (χ0) is 14.0. The molecule has 0 spiro atoms. The van der Waals surface area contributed by atoms with Gasteiger partial charge in [-0.25, -0.2) is 4.98 Å². The van der Waals surface area contributed by atoms with Gasteiger partial charge in [-0.15, -0.1) is 0 Å². The molecule has 19 heavy (non-hydrogen) atoms. The molecule has 2 heterocycles. The highest BCUT2D eigenvalue weighted by atomic mass is 35.5. The van der Waals surface area contributed by atoms with Crippen LogP contribution in [0.15, 0.2) is 16.9 Å². The molecule has 0 aliphatic rings. The minimum atomic E-state index is -0.139. The van der Waals surface area contributed by atoms with Crippen molar-refractivity contribution in [1.82, 2.24) is 19.3 Å². The third kappa shape index (κ3) is 2.87. The van der Waals surface area contributed by atoms with Crippen LogP contribution in [-0.4, -0.2) is 19.3 Å². The Morgan fingerprint density at radius 2 is 2.05 bits per heavy atom. The monoisotopic (exact) mass is 280 g/mol. The van der Waals surface area contributed by atoms with Gasteiger partial charge in [-0.1, -0.05) is 18.5 Å². The first-order chi connectivity index (χ1) is 9.05. The van der Waals surface area contributed by atoms with Gasteiger partial charge in [-0.05, 0) is 26.3 Å². The molecule has 0 amide bonds. The van der Waals surface area contributed by atoms with Crippen LogP contribution in [0.4, 0.5) is 0 Å². The van der Waals surface area contributed by atoms with E-state index in [1.165, 1.54) is 6.07 Å². The molecular weight excluding hydrogens is 264 g/mol. The molecule has 0 aromatic carbocycles. The van der Waals surface area contributed by atoms with E-state index in [9.17, 15) is 4.79 Å². The Hall–Kier alpha value is -1.62. The zero-order valence-corrected chi connectivity index (χ0v) is 12.1. The van der Waals surface area contributed by atoms with Gasteiger partial charge in [0, 0.05) is 12.6 Å². The fourth-order valence-corrected chi connectivity index (χ4v) is 2.25. The summed E-state index contributed by atoms with van der Waals surface area (Å²) in [5.41, 5.74) is 1.90. The Kier molecular flexibility index (Phi) is 4.04. The second kappa shape index (κ2) is 5.57. The fourth-order valence-electron chi connectivity index (χ4n) is 2.03. The van der Waals surface area contributed by atoms with Crippen LogP contribution in [0.3, 0.4) is 0 Å². The van der Waals surface area contributed by atoms with Gasteiger partial charge < -0.3 is 0 Å². The summed E-state index contributed by atoms with van der Waals surface area (Å²) in [5, 5.41) is 4.71. The van der Waals surface area contributed by atoms with Crippen molar-refractivity contribution in [3.8, 4) is 0 Å². The number of nitrogens with zero attached hydrogens (tertiary/aromatic N) is 4. The molecule has 0 radical (unpaired) electrons. The van der Waals surface area contributed by atoms with Gasteiger partial charge in [0.05, 0.1) is 17.9 Å². The zero-order valence-electron chi connectivity index (χ0n) is 11.4. The van der Waals surface area contributed by atoms with E-state index in [1.54, 1.807) is 11.5 Å². The van der Waals surface area contributed by atoms with Crippen molar-refractivity contribution in [2.45, 2.75) is 40.3 Å². The van der Waals surface area contributed by atoms with Gasteiger partial charge in [0.15, 0.2) is 0 Å². The number of halogens is 1. The molecular formula is C13H17ClN4O. The van der Waals surface area contributed by atoms with Crippen LogP contribution in [0.25, 0.3) is 0 Å². The van der Waals surface area contributed by atoms with Crippen LogP contribution < -0.4 is 5.56 Å². The molecule has 0 fully saturated rings. The minimum absolute atomic E-state index is 0.139. The molecule has 2 aromatic heterocycles. The van der Waals surface area contributed by atoms with Crippen molar-refractivity contribution < 1.29 is 0 Å². The standard InChI is InChI=1S/C13H17ClN4O/c1-4-10-6-11(18(5-2)16-10)8-17-9(3)15-12(14)7-13(17)19/h6-7H,4-5,8H2,1-3H3. The molecule has 0 aliphatic heterocycles. The summed E-state index contributed by atoms with van der Waals surface area (Å²) in [5.74, 6) is 0.611. The molecule has 6 heteroatoms. The molecule has 2 rings (SSSR count). The fraction of sp³-hybridized carbons (Fsp3) is 0.462. The first kappa shape index (κ1) is 13.8. The van der Waals surface area contributed by atoms with Crippen molar-refractivity contribution in [2.75, 3.05) is 0 Å². The summed E-state index contributed by atoms with van der Waals surface area (Å²) >= 11 is 5.77. The van der Waals surface area contributed by atoms with Crippen LogP contribution in [-0.2, 0) is 19.5 Å². The quantitative estimate of drug-likeness (QED) is 0.805. The highest BCUT2D eigenvalue weighted by molar-refractivity contribution is 6.29. The lowest BCUT2D eigenvalue weighted by Gasteiger charge is -2.10. The second-order valence-corrected chi connectivity index (χ2v) is 4.73. The van der Waals surface area contributed by atoms with E-state index in [4.69, 9.17) is 11.6 Å². The van der Waals surface area contributed by atoms with Crippen molar-refractivity contribution in [3.63, 3.8) is 0 Å². The SMILES string of the molecule is CCc1cc(Cn2c(C)nc(Cl)cc2=O)n(CC)n1. The summed E-state index contributed by atoms with van der Waals surface area (Å²) < 4.78 is 3.52. The molecule has 0 atom stereocenters. The van der Waals surface area contributed by atoms with Gasteiger partial charge in [0.2, 0.25) is 0 Å². The highest BCUT2D eigenvalue weighted by Gasteiger charge is 2.10. The summed E-state index contributed by atoms with van der Waals surface area (Å²) in [4.78, 5) is 16.1. The maximum absolute atomic E-state index is 12.0. The molecule has 0 N–H and O–H groups in total. The van der Waals surface area contributed by atoms with Gasteiger partial charge in [-0.2, -0.15) is 5.10 Å². The van der Waals surface area contributed by atoms with E-state index in [0.717, 1.165) is 24.4 Å². The Morgan fingerprint density at radius 1 is 1.32 bits per heavy atom. The van der Waals surface area contributed by atoms with Gasteiger partial charge in [0.1, 0.15) is 11.0 Å². The number of aromatic nitrogens is 4. The molecule has 0 unspecified atom stereocenters. The Bertz CT molecular complexity index is 645. The predicted molar refractivity (Wildman–Crippen MR) is 74.6 cm³/mol. The molecule has 0 saturated heterocycles. The molecule has 102 valence electrons. The number of rotatable bonds is 4. The predicted octanol–water partition coefficient (Wildman–Crippen LogP) is 2.03. The topological polar surface area (TPSA) is 52.7 Å². The third-order valence-corrected chi connectivity index (χ3v) is 3.26. The average Bonchev–Trinajstić information content (AvgIpc) is 2.76. The maximum atomic E-state index is 12.0.